The number of ether oxygens (including phenoxy) is 1. The van der Waals surface area contributed by atoms with Crippen LogP contribution in [-0.2, 0) is 17.9 Å². The number of carbonyl (C=O) groups excluding carboxylic acids is 1. The van der Waals surface area contributed by atoms with Gasteiger partial charge in [-0.2, -0.15) is 4.98 Å². The zero-order valence-corrected chi connectivity index (χ0v) is 21.3. The van der Waals surface area contributed by atoms with Gasteiger partial charge in [-0.3, -0.25) is 9.59 Å². The number of benzene rings is 3. The quantitative estimate of drug-likeness (QED) is 0.269. The fraction of sp³-hybridized carbons (Fsp3) is 0.185. The van der Waals surface area contributed by atoms with E-state index in [2.05, 4.69) is 10.1 Å². The first-order chi connectivity index (χ1) is 18.2. The maximum absolute atomic E-state index is 13.8. The lowest BCUT2D eigenvalue weighted by Crippen LogP contribution is -2.35. The molecule has 0 aliphatic carbocycles. The Morgan fingerprint density at radius 3 is 2.47 bits per heavy atom. The zero-order valence-electron chi connectivity index (χ0n) is 20.5. The third-order valence-electron chi connectivity index (χ3n) is 5.50. The average molecular weight is 540 g/mol. The third-order valence-corrected chi connectivity index (χ3v) is 6.27. The average Bonchev–Trinajstić information content (AvgIpc) is 3.32. The molecule has 0 aliphatic heterocycles. The molecule has 0 atom stereocenters. The Hall–Kier alpha value is -4.25. The van der Waals surface area contributed by atoms with E-state index in [1.165, 1.54) is 23.9 Å². The number of aliphatic carboxylic acids is 1. The zero-order chi connectivity index (χ0) is 27.2. The Morgan fingerprint density at radius 2 is 1.82 bits per heavy atom. The van der Waals surface area contributed by atoms with Crippen molar-refractivity contribution in [3.63, 3.8) is 0 Å². The molecule has 0 saturated carbocycles. The van der Waals surface area contributed by atoms with E-state index in [0.717, 1.165) is 4.90 Å². The molecule has 0 saturated heterocycles. The second kappa shape index (κ2) is 11.9. The monoisotopic (exact) mass is 539 g/mol. The van der Waals surface area contributed by atoms with Crippen LogP contribution in [0.3, 0.4) is 0 Å². The molecule has 11 heteroatoms. The first-order valence-electron chi connectivity index (χ1n) is 11.4. The molecule has 3 aromatic carbocycles. The molecular weight excluding hydrogens is 516 g/mol. The summed E-state index contributed by atoms with van der Waals surface area (Å²) in [6.07, 6.45) is 1.79. The van der Waals surface area contributed by atoms with Gasteiger partial charge < -0.3 is 19.3 Å². The van der Waals surface area contributed by atoms with Gasteiger partial charge in [0, 0.05) is 10.5 Å². The van der Waals surface area contributed by atoms with Crippen LogP contribution in [0, 0.1) is 18.6 Å². The number of aromatic nitrogens is 2. The molecule has 1 heterocycles. The van der Waals surface area contributed by atoms with Gasteiger partial charge >= 0.3 is 5.97 Å². The van der Waals surface area contributed by atoms with Gasteiger partial charge in [-0.25, -0.2) is 8.78 Å². The Labute approximate surface area is 221 Å². The van der Waals surface area contributed by atoms with Crippen LogP contribution >= 0.6 is 11.8 Å². The molecule has 1 amide bonds. The van der Waals surface area contributed by atoms with Gasteiger partial charge in [0.15, 0.2) is 17.5 Å². The van der Waals surface area contributed by atoms with E-state index in [-0.39, 0.29) is 24.6 Å². The lowest BCUT2D eigenvalue weighted by molar-refractivity contribution is -0.137. The minimum atomic E-state index is -1.18. The van der Waals surface area contributed by atoms with Gasteiger partial charge in [0.2, 0.25) is 5.89 Å². The number of nitrogens with zero attached hydrogens (tertiary/aromatic N) is 3. The predicted octanol–water partition coefficient (Wildman–Crippen LogP) is 5.35. The summed E-state index contributed by atoms with van der Waals surface area (Å²) >= 11 is 1.32. The second-order valence-corrected chi connectivity index (χ2v) is 9.12. The molecule has 4 aromatic rings. The molecule has 0 fully saturated rings. The van der Waals surface area contributed by atoms with Gasteiger partial charge in [-0.15, -0.1) is 11.8 Å². The maximum Gasteiger partial charge on any atom is 0.323 e. The van der Waals surface area contributed by atoms with E-state index in [9.17, 15) is 23.5 Å². The molecular formula is C27H23F2N3O5S. The summed E-state index contributed by atoms with van der Waals surface area (Å²) in [4.78, 5) is 30.2. The highest BCUT2D eigenvalue weighted by Crippen LogP contribution is 2.33. The number of hydrogen-bond donors (Lipinski definition) is 1. The van der Waals surface area contributed by atoms with Gasteiger partial charge in [0.05, 0.1) is 0 Å². The molecule has 0 bridgehead atoms. The minimum Gasteiger partial charge on any atom is -0.489 e. The smallest absolute Gasteiger partial charge is 0.323 e. The fourth-order valence-corrected chi connectivity index (χ4v) is 4.35. The van der Waals surface area contributed by atoms with E-state index in [0.29, 0.717) is 33.2 Å². The highest BCUT2D eigenvalue weighted by atomic mass is 32.2. The molecule has 0 aliphatic rings. The van der Waals surface area contributed by atoms with Crippen molar-refractivity contribution in [1.29, 1.82) is 0 Å². The van der Waals surface area contributed by atoms with Crippen LogP contribution in [0.5, 0.6) is 5.75 Å². The number of thioether (sulfide) groups is 1. The summed E-state index contributed by atoms with van der Waals surface area (Å²) in [7, 11) is 0. The van der Waals surface area contributed by atoms with E-state index < -0.39 is 30.1 Å². The van der Waals surface area contributed by atoms with Crippen molar-refractivity contribution >= 4 is 23.6 Å². The van der Waals surface area contributed by atoms with E-state index >= 15 is 0 Å². The Kier molecular flexibility index (Phi) is 8.37. The SMILES string of the molecule is CSc1cc(F)c(F)cc1-c1ccc(OCc2cccc(C(=O)N(CC(=O)O)Cc3nc(C)no3)c2)cc1. The van der Waals surface area contributed by atoms with Crippen LogP contribution in [0.4, 0.5) is 8.78 Å². The van der Waals surface area contributed by atoms with E-state index in [1.807, 2.05) is 0 Å². The largest absolute Gasteiger partial charge is 0.489 e. The van der Waals surface area contributed by atoms with E-state index in [1.54, 1.807) is 61.7 Å². The van der Waals surface area contributed by atoms with Gasteiger partial charge in [-0.1, -0.05) is 29.4 Å². The Morgan fingerprint density at radius 1 is 1.08 bits per heavy atom. The number of aryl methyl sites for hydroxylation is 1. The van der Waals surface area contributed by atoms with Gasteiger partial charge in [0.25, 0.3) is 5.91 Å². The lowest BCUT2D eigenvalue weighted by Gasteiger charge is -2.19. The van der Waals surface area contributed by atoms with Crippen molar-refractivity contribution < 1.29 is 32.7 Å². The number of halogens is 2. The molecule has 0 spiro atoms. The molecule has 1 N–H and O–H groups in total. The van der Waals surface area contributed by atoms with Gasteiger partial charge in [0.1, 0.15) is 25.4 Å². The fourth-order valence-electron chi connectivity index (χ4n) is 3.73. The number of rotatable bonds is 10. The third kappa shape index (κ3) is 6.54. The lowest BCUT2D eigenvalue weighted by atomic mass is 10.1. The minimum absolute atomic E-state index is 0.132. The molecule has 196 valence electrons. The summed E-state index contributed by atoms with van der Waals surface area (Å²) in [5, 5.41) is 12.9. The van der Waals surface area contributed by atoms with Crippen LogP contribution in [-0.4, -0.2) is 44.8 Å². The van der Waals surface area contributed by atoms with Crippen molar-refractivity contribution in [2.24, 2.45) is 0 Å². The van der Waals surface area contributed by atoms with E-state index in [4.69, 9.17) is 9.26 Å². The molecule has 0 radical (unpaired) electrons. The first-order valence-corrected chi connectivity index (χ1v) is 12.6. The molecule has 1 aromatic heterocycles. The second-order valence-electron chi connectivity index (χ2n) is 8.27. The number of amides is 1. The molecule has 8 nitrogen and oxygen atoms in total. The molecule has 38 heavy (non-hydrogen) atoms. The number of carbonyl (C=O) groups is 2. The van der Waals surface area contributed by atoms with Crippen molar-refractivity contribution in [2.75, 3.05) is 12.8 Å². The summed E-state index contributed by atoms with van der Waals surface area (Å²) in [5.74, 6) is -2.44. The number of carboxylic acids is 1. The topological polar surface area (TPSA) is 106 Å². The van der Waals surface area contributed by atoms with Crippen molar-refractivity contribution in [3.8, 4) is 16.9 Å². The number of carboxylic acid groups (broad SMARTS) is 1. The summed E-state index contributed by atoms with van der Waals surface area (Å²) in [5.41, 5.74) is 2.26. The van der Waals surface area contributed by atoms with Crippen LogP contribution in [0.2, 0.25) is 0 Å². The Balaban J connectivity index is 1.45. The highest BCUT2D eigenvalue weighted by Gasteiger charge is 2.22. The molecule has 0 unspecified atom stereocenters. The Bertz CT molecular complexity index is 1460. The highest BCUT2D eigenvalue weighted by molar-refractivity contribution is 7.98. The standard InChI is InChI=1S/C27H23F2N3O5S/c1-16-30-25(37-31-16)13-32(14-26(33)34)27(35)19-5-3-4-17(10-19)15-36-20-8-6-18(7-9-20)21-11-22(28)23(29)12-24(21)38-2/h3-12H,13-15H2,1-2H3,(H,33,34). The summed E-state index contributed by atoms with van der Waals surface area (Å²) in [6, 6.07) is 16.0. The summed E-state index contributed by atoms with van der Waals surface area (Å²) in [6.45, 7) is 1.08. The maximum atomic E-state index is 13.8. The van der Waals surface area contributed by atoms with Crippen LogP contribution in [0.1, 0.15) is 27.6 Å². The first kappa shape index (κ1) is 26.8. The normalized spacial score (nSPS) is 10.8. The van der Waals surface area contributed by atoms with Crippen molar-refractivity contribution in [1.82, 2.24) is 15.0 Å². The van der Waals surface area contributed by atoms with Gasteiger partial charge in [-0.05, 0) is 66.3 Å². The van der Waals surface area contributed by atoms with Crippen LogP contribution in [0.25, 0.3) is 11.1 Å². The van der Waals surface area contributed by atoms with Crippen LogP contribution < -0.4 is 4.74 Å². The molecule has 4 rings (SSSR count). The van der Waals surface area contributed by atoms with Crippen molar-refractivity contribution in [3.05, 3.63) is 95.1 Å². The summed E-state index contributed by atoms with van der Waals surface area (Å²) < 4.78 is 38.3. The van der Waals surface area contributed by atoms with Crippen LogP contribution in [0.15, 0.2) is 70.1 Å². The number of hydrogen-bond acceptors (Lipinski definition) is 7. The predicted molar refractivity (Wildman–Crippen MR) is 136 cm³/mol. The van der Waals surface area contributed by atoms with Crippen molar-refractivity contribution in [2.45, 2.75) is 25.0 Å².